The van der Waals surface area contributed by atoms with Gasteiger partial charge >= 0.3 is 0 Å². The lowest BCUT2D eigenvalue weighted by molar-refractivity contribution is 0.229. The van der Waals surface area contributed by atoms with Crippen LogP contribution in [0.3, 0.4) is 0 Å². The summed E-state index contributed by atoms with van der Waals surface area (Å²) in [6.07, 6.45) is 3.25. The van der Waals surface area contributed by atoms with Crippen molar-refractivity contribution in [3.05, 3.63) is 21.2 Å². The molecule has 1 rings (SSSR count). The molecule has 0 saturated heterocycles. The van der Waals surface area contributed by atoms with Crippen LogP contribution in [-0.2, 0) is 0 Å². The van der Waals surface area contributed by atoms with Crippen molar-refractivity contribution in [1.29, 1.82) is 0 Å². The van der Waals surface area contributed by atoms with E-state index in [0.29, 0.717) is 16.2 Å². The summed E-state index contributed by atoms with van der Waals surface area (Å²) in [5, 5.41) is 11.9. The van der Waals surface area contributed by atoms with Crippen LogP contribution in [0.1, 0.15) is 19.8 Å². The molecule has 1 unspecified atom stereocenters. The van der Waals surface area contributed by atoms with Gasteiger partial charge in [-0.3, -0.25) is 4.79 Å². The quantitative estimate of drug-likeness (QED) is 0.691. The predicted octanol–water partition coefficient (Wildman–Crippen LogP) is 1.35. The minimum atomic E-state index is -0.193. The minimum Gasteiger partial charge on any atom is -0.396 e. The van der Waals surface area contributed by atoms with Crippen LogP contribution >= 0.6 is 15.9 Å². The fourth-order valence-corrected chi connectivity index (χ4v) is 1.61. The van der Waals surface area contributed by atoms with E-state index in [-0.39, 0.29) is 12.2 Å². The van der Waals surface area contributed by atoms with Crippen molar-refractivity contribution in [1.82, 2.24) is 9.97 Å². The van der Waals surface area contributed by atoms with Crippen LogP contribution in [0, 0.1) is 5.92 Å². The van der Waals surface area contributed by atoms with Gasteiger partial charge in [0, 0.05) is 13.2 Å². The number of aliphatic hydroxyl groups is 1. The zero-order chi connectivity index (χ0) is 12.0. The van der Waals surface area contributed by atoms with Gasteiger partial charge in [-0.15, -0.1) is 0 Å². The van der Waals surface area contributed by atoms with Crippen LogP contribution in [0.25, 0.3) is 0 Å². The lowest BCUT2D eigenvalue weighted by Gasteiger charge is -2.09. The molecule has 0 aliphatic heterocycles. The van der Waals surface area contributed by atoms with Crippen molar-refractivity contribution in [2.24, 2.45) is 5.92 Å². The molecule has 0 saturated carbocycles. The summed E-state index contributed by atoms with van der Waals surface area (Å²) in [6, 6.07) is 0. The first-order valence-electron chi connectivity index (χ1n) is 5.23. The van der Waals surface area contributed by atoms with E-state index in [1.54, 1.807) is 0 Å². The molecule has 1 heterocycles. The number of aromatic nitrogens is 2. The van der Waals surface area contributed by atoms with E-state index in [0.717, 1.165) is 19.4 Å². The smallest absolute Gasteiger partial charge is 0.267 e. The molecule has 0 amide bonds. The monoisotopic (exact) mass is 289 g/mol. The van der Waals surface area contributed by atoms with Gasteiger partial charge in [0.15, 0.2) is 0 Å². The number of hydrogen-bond acceptors (Lipinski definition) is 4. The zero-order valence-electron chi connectivity index (χ0n) is 9.16. The molecule has 1 aromatic heterocycles. The fraction of sp³-hybridized carbons (Fsp3) is 0.600. The lowest BCUT2D eigenvalue weighted by atomic mass is 10.1. The number of halogens is 1. The molecule has 0 aliphatic carbocycles. The van der Waals surface area contributed by atoms with Crippen LogP contribution in [0.2, 0.25) is 0 Å². The van der Waals surface area contributed by atoms with Crippen molar-refractivity contribution >= 4 is 21.7 Å². The fourth-order valence-electron chi connectivity index (χ4n) is 1.25. The van der Waals surface area contributed by atoms with E-state index in [2.05, 4.69) is 31.2 Å². The van der Waals surface area contributed by atoms with Gasteiger partial charge in [-0.1, -0.05) is 6.92 Å². The van der Waals surface area contributed by atoms with E-state index in [1.165, 1.54) is 6.33 Å². The summed E-state index contributed by atoms with van der Waals surface area (Å²) < 4.78 is 0.421. The molecular weight excluding hydrogens is 274 g/mol. The number of H-pyrrole nitrogens is 1. The maximum absolute atomic E-state index is 11.2. The molecule has 3 N–H and O–H groups in total. The summed E-state index contributed by atoms with van der Waals surface area (Å²) in [4.78, 5) is 17.7. The molecule has 0 bridgehead atoms. The van der Waals surface area contributed by atoms with Crippen LogP contribution in [0.5, 0.6) is 0 Å². The maximum atomic E-state index is 11.2. The number of anilines is 1. The van der Waals surface area contributed by atoms with Gasteiger partial charge in [0.2, 0.25) is 0 Å². The van der Waals surface area contributed by atoms with E-state index >= 15 is 0 Å². The molecule has 0 fully saturated rings. The highest BCUT2D eigenvalue weighted by Crippen LogP contribution is 2.13. The van der Waals surface area contributed by atoms with Gasteiger partial charge in [-0.2, -0.15) is 0 Å². The molecular formula is C10H16BrN3O2. The summed E-state index contributed by atoms with van der Waals surface area (Å²) in [5.74, 6) is 0.873. The third-order valence-corrected chi connectivity index (χ3v) is 3.01. The first kappa shape index (κ1) is 13.2. The molecule has 0 spiro atoms. The van der Waals surface area contributed by atoms with Crippen LogP contribution < -0.4 is 10.9 Å². The molecule has 0 aliphatic rings. The average molecular weight is 290 g/mol. The second-order valence-electron chi connectivity index (χ2n) is 3.75. The maximum Gasteiger partial charge on any atom is 0.267 e. The SMILES string of the molecule is CC(CO)CCCNc1nc[nH]c(=O)c1Br. The number of aliphatic hydroxyl groups excluding tert-OH is 1. The molecule has 1 aromatic rings. The van der Waals surface area contributed by atoms with E-state index < -0.39 is 0 Å². The normalized spacial score (nSPS) is 12.4. The number of nitrogens with one attached hydrogen (secondary N) is 2. The number of rotatable bonds is 6. The summed E-state index contributed by atoms with van der Waals surface area (Å²) in [5.41, 5.74) is -0.193. The molecule has 0 radical (unpaired) electrons. The number of aromatic amines is 1. The summed E-state index contributed by atoms with van der Waals surface area (Å²) >= 11 is 3.17. The second-order valence-corrected chi connectivity index (χ2v) is 4.54. The van der Waals surface area contributed by atoms with Gasteiger partial charge < -0.3 is 15.4 Å². The van der Waals surface area contributed by atoms with Crippen LogP contribution in [0.15, 0.2) is 15.6 Å². The Balaban J connectivity index is 2.38. The summed E-state index contributed by atoms with van der Waals surface area (Å²) in [7, 11) is 0. The van der Waals surface area contributed by atoms with Crippen molar-refractivity contribution in [2.45, 2.75) is 19.8 Å². The van der Waals surface area contributed by atoms with Gasteiger partial charge in [0.05, 0.1) is 6.33 Å². The van der Waals surface area contributed by atoms with E-state index in [1.807, 2.05) is 6.92 Å². The van der Waals surface area contributed by atoms with Crippen molar-refractivity contribution in [3.63, 3.8) is 0 Å². The van der Waals surface area contributed by atoms with E-state index in [9.17, 15) is 4.79 Å². The topological polar surface area (TPSA) is 78.0 Å². The number of hydrogen-bond donors (Lipinski definition) is 3. The van der Waals surface area contributed by atoms with Gasteiger partial charge in [0.25, 0.3) is 5.56 Å². The zero-order valence-corrected chi connectivity index (χ0v) is 10.7. The Morgan fingerprint density at radius 2 is 2.44 bits per heavy atom. The minimum absolute atomic E-state index is 0.193. The Hall–Kier alpha value is -0.880. The Bertz CT molecular complexity index is 381. The second kappa shape index (κ2) is 6.65. The Morgan fingerprint density at radius 1 is 1.69 bits per heavy atom. The molecule has 0 aromatic carbocycles. The van der Waals surface area contributed by atoms with Crippen molar-refractivity contribution < 1.29 is 5.11 Å². The van der Waals surface area contributed by atoms with Crippen molar-refractivity contribution in [2.75, 3.05) is 18.5 Å². The third-order valence-electron chi connectivity index (χ3n) is 2.27. The highest BCUT2D eigenvalue weighted by Gasteiger charge is 2.04. The largest absolute Gasteiger partial charge is 0.396 e. The molecule has 1 atom stereocenters. The van der Waals surface area contributed by atoms with Crippen LogP contribution in [-0.4, -0.2) is 28.2 Å². The van der Waals surface area contributed by atoms with Gasteiger partial charge in [-0.25, -0.2) is 4.98 Å². The highest BCUT2D eigenvalue weighted by atomic mass is 79.9. The third kappa shape index (κ3) is 3.94. The van der Waals surface area contributed by atoms with Gasteiger partial charge in [-0.05, 0) is 34.7 Å². The standard InChI is InChI=1S/C10H16BrN3O2/c1-7(5-15)3-2-4-12-9-8(11)10(16)14-6-13-9/h6-7,15H,2-5H2,1H3,(H2,12,13,14,16). The lowest BCUT2D eigenvalue weighted by Crippen LogP contribution is -2.13. The Kier molecular flexibility index (Phi) is 5.48. The molecule has 90 valence electrons. The molecule has 16 heavy (non-hydrogen) atoms. The highest BCUT2D eigenvalue weighted by molar-refractivity contribution is 9.10. The average Bonchev–Trinajstić information content (AvgIpc) is 2.29. The van der Waals surface area contributed by atoms with Crippen molar-refractivity contribution in [3.8, 4) is 0 Å². The predicted molar refractivity (Wildman–Crippen MR) is 66.5 cm³/mol. The first-order chi connectivity index (χ1) is 7.65. The van der Waals surface area contributed by atoms with Gasteiger partial charge in [0.1, 0.15) is 10.3 Å². The summed E-state index contributed by atoms with van der Waals surface area (Å²) in [6.45, 7) is 2.95. The molecule has 5 nitrogen and oxygen atoms in total. The Labute approximate surface area is 102 Å². The molecule has 6 heteroatoms. The van der Waals surface area contributed by atoms with Crippen LogP contribution in [0.4, 0.5) is 5.82 Å². The first-order valence-corrected chi connectivity index (χ1v) is 6.02. The Morgan fingerprint density at radius 3 is 3.12 bits per heavy atom. The van der Waals surface area contributed by atoms with E-state index in [4.69, 9.17) is 5.11 Å². The number of nitrogens with zero attached hydrogens (tertiary/aromatic N) is 1.